The molecule has 0 spiro atoms. The van der Waals surface area contributed by atoms with E-state index in [1.807, 2.05) is 36.3 Å². The maximum absolute atomic E-state index is 13.2. The SMILES string of the molecule is Cn1ncc(-c2ccc3cnc(CC(=O)c4ccnc(N5CCOCC5)c4)cc3c2)c1CN1CCCCC1. The van der Waals surface area contributed by atoms with E-state index in [-0.39, 0.29) is 12.2 Å². The number of ketones is 1. The molecule has 3 aromatic heterocycles. The summed E-state index contributed by atoms with van der Waals surface area (Å²) in [4.78, 5) is 26.9. The van der Waals surface area contributed by atoms with E-state index >= 15 is 0 Å². The van der Waals surface area contributed by atoms with Gasteiger partial charge in [0.1, 0.15) is 5.82 Å². The first kappa shape index (κ1) is 24.7. The molecule has 8 heteroatoms. The highest BCUT2D eigenvalue weighted by atomic mass is 16.5. The van der Waals surface area contributed by atoms with Crippen LogP contribution in [0.3, 0.4) is 0 Å². The molecule has 0 aliphatic carbocycles. The summed E-state index contributed by atoms with van der Waals surface area (Å²) in [5, 5.41) is 6.73. The van der Waals surface area contributed by atoms with Crippen molar-refractivity contribution in [1.82, 2.24) is 24.6 Å². The molecule has 2 saturated heterocycles. The van der Waals surface area contributed by atoms with Gasteiger partial charge in [-0.3, -0.25) is 19.4 Å². The van der Waals surface area contributed by atoms with Gasteiger partial charge in [0, 0.05) is 61.3 Å². The van der Waals surface area contributed by atoms with Crippen LogP contribution < -0.4 is 4.90 Å². The largest absolute Gasteiger partial charge is 0.378 e. The maximum Gasteiger partial charge on any atom is 0.169 e. The molecule has 8 nitrogen and oxygen atoms in total. The first-order valence-electron chi connectivity index (χ1n) is 13.6. The van der Waals surface area contributed by atoms with Gasteiger partial charge in [0.05, 0.1) is 31.5 Å². The molecule has 0 saturated carbocycles. The van der Waals surface area contributed by atoms with Crippen molar-refractivity contribution in [2.75, 3.05) is 44.3 Å². The lowest BCUT2D eigenvalue weighted by molar-refractivity contribution is 0.0992. The zero-order valence-corrected chi connectivity index (χ0v) is 22.0. The van der Waals surface area contributed by atoms with Gasteiger partial charge >= 0.3 is 0 Å². The van der Waals surface area contributed by atoms with Crippen molar-refractivity contribution in [3.05, 3.63) is 71.9 Å². The normalized spacial score (nSPS) is 16.7. The van der Waals surface area contributed by atoms with E-state index in [1.54, 1.807) is 12.3 Å². The fraction of sp³-hybridized carbons (Fsp3) is 0.400. The van der Waals surface area contributed by atoms with Crippen LogP contribution in [0.4, 0.5) is 5.82 Å². The van der Waals surface area contributed by atoms with Gasteiger partial charge in [-0.15, -0.1) is 0 Å². The number of hydrogen-bond donors (Lipinski definition) is 0. The van der Waals surface area contributed by atoms with Crippen molar-refractivity contribution in [3.8, 4) is 11.1 Å². The minimum Gasteiger partial charge on any atom is -0.378 e. The summed E-state index contributed by atoms with van der Waals surface area (Å²) in [7, 11) is 2.03. The Balaban J connectivity index is 1.22. The molecule has 6 rings (SSSR count). The first-order chi connectivity index (χ1) is 18.6. The van der Waals surface area contributed by atoms with Crippen molar-refractivity contribution in [2.24, 2.45) is 7.05 Å². The predicted octanol–water partition coefficient (Wildman–Crippen LogP) is 4.28. The number of rotatable bonds is 7. The first-order valence-corrected chi connectivity index (χ1v) is 13.6. The molecule has 0 atom stereocenters. The molecule has 1 aromatic carbocycles. The molecule has 0 amide bonds. The van der Waals surface area contributed by atoms with Gasteiger partial charge in [0.25, 0.3) is 0 Å². The second kappa shape index (κ2) is 11.0. The van der Waals surface area contributed by atoms with Gasteiger partial charge < -0.3 is 9.64 Å². The number of piperidine rings is 1. The summed E-state index contributed by atoms with van der Waals surface area (Å²) in [5.41, 5.74) is 4.98. The second-order valence-corrected chi connectivity index (χ2v) is 10.3. The van der Waals surface area contributed by atoms with Gasteiger partial charge in [-0.1, -0.05) is 18.6 Å². The number of Topliss-reactive ketones (excluding diaryl/α,β-unsaturated/α-hetero) is 1. The van der Waals surface area contributed by atoms with Gasteiger partial charge in [0.2, 0.25) is 0 Å². The molecular formula is C30H34N6O2. The van der Waals surface area contributed by atoms with Crippen molar-refractivity contribution in [2.45, 2.75) is 32.2 Å². The van der Waals surface area contributed by atoms with Crippen LogP contribution in [0, 0.1) is 0 Å². The number of hydrogen-bond acceptors (Lipinski definition) is 7. The van der Waals surface area contributed by atoms with Gasteiger partial charge in [-0.25, -0.2) is 4.98 Å². The lowest BCUT2D eigenvalue weighted by Crippen LogP contribution is -2.36. The van der Waals surface area contributed by atoms with E-state index in [0.29, 0.717) is 18.8 Å². The Morgan fingerprint density at radius 1 is 0.921 bits per heavy atom. The number of fused-ring (bicyclic) bond motifs is 1. The van der Waals surface area contributed by atoms with Crippen LogP contribution >= 0.6 is 0 Å². The fourth-order valence-electron chi connectivity index (χ4n) is 5.50. The lowest BCUT2D eigenvalue weighted by atomic mass is 10.0. The minimum atomic E-state index is 0.0426. The quantitative estimate of drug-likeness (QED) is 0.344. The molecular weight excluding hydrogens is 476 g/mol. The molecule has 0 N–H and O–H groups in total. The third kappa shape index (κ3) is 5.33. The van der Waals surface area contributed by atoms with E-state index < -0.39 is 0 Å². The zero-order valence-electron chi connectivity index (χ0n) is 22.0. The molecule has 4 aromatic rings. The number of anilines is 1. The zero-order chi connectivity index (χ0) is 25.9. The minimum absolute atomic E-state index is 0.0426. The standard InChI is InChI=1S/C30H34N6O2/c1-34-28(21-35-9-3-2-4-10-35)27(20-33-34)22-5-6-24-19-32-26(16-25(24)15-22)18-29(37)23-7-8-31-30(17-23)36-11-13-38-14-12-36/h5-8,15-17,19-20H,2-4,9-14,18,21H2,1H3. The average molecular weight is 511 g/mol. The van der Waals surface area contributed by atoms with Crippen molar-refractivity contribution in [1.29, 1.82) is 0 Å². The number of aryl methyl sites for hydroxylation is 1. The Kier molecular flexibility index (Phi) is 7.16. The number of carbonyl (C=O) groups excluding carboxylic acids is 1. The van der Waals surface area contributed by atoms with E-state index in [0.717, 1.165) is 60.6 Å². The average Bonchev–Trinajstić information content (AvgIpc) is 3.33. The molecule has 0 radical (unpaired) electrons. The summed E-state index contributed by atoms with van der Waals surface area (Å²) in [6.45, 7) is 6.15. The van der Waals surface area contributed by atoms with Crippen LogP contribution in [0.15, 0.2) is 55.0 Å². The van der Waals surface area contributed by atoms with Gasteiger partial charge in [-0.05, 0) is 61.1 Å². The molecule has 5 heterocycles. The summed E-state index contributed by atoms with van der Waals surface area (Å²) in [6, 6.07) is 12.2. The Labute approximate surface area is 223 Å². The van der Waals surface area contributed by atoms with Crippen molar-refractivity contribution >= 4 is 22.4 Å². The molecule has 196 valence electrons. The Hall–Kier alpha value is -3.62. The highest BCUT2D eigenvalue weighted by molar-refractivity contribution is 5.98. The van der Waals surface area contributed by atoms with Gasteiger partial charge in [-0.2, -0.15) is 5.10 Å². The number of morpholine rings is 1. The summed E-state index contributed by atoms with van der Waals surface area (Å²) in [6.07, 6.45) is 9.67. The summed E-state index contributed by atoms with van der Waals surface area (Å²) >= 11 is 0. The number of ether oxygens (including phenoxy) is 1. The van der Waals surface area contributed by atoms with Crippen LogP contribution in [-0.4, -0.2) is 69.8 Å². The number of aromatic nitrogens is 4. The number of carbonyl (C=O) groups is 1. The summed E-state index contributed by atoms with van der Waals surface area (Å²) < 4.78 is 7.44. The molecule has 38 heavy (non-hydrogen) atoms. The smallest absolute Gasteiger partial charge is 0.169 e. The van der Waals surface area contributed by atoms with Crippen LogP contribution in [0.1, 0.15) is 41.0 Å². The van der Waals surface area contributed by atoms with Gasteiger partial charge in [0.15, 0.2) is 5.78 Å². The van der Waals surface area contributed by atoms with E-state index in [4.69, 9.17) is 4.74 Å². The number of likely N-dealkylation sites (tertiary alicyclic amines) is 1. The molecule has 2 aliphatic heterocycles. The third-order valence-electron chi connectivity index (χ3n) is 7.72. The highest BCUT2D eigenvalue weighted by Crippen LogP contribution is 2.29. The second-order valence-electron chi connectivity index (χ2n) is 10.3. The van der Waals surface area contributed by atoms with Crippen molar-refractivity contribution in [3.63, 3.8) is 0 Å². The number of pyridine rings is 2. The van der Waals surface area contributed by atoms with Crippen LogP contribution in [0.5, 0.6) is 0 Å². The highest BCUT2D eigenvalue weighted by Gasteiger charge is 2.18. The van der Waals surface area contributed by atoms with Crippen LogP contribution in [0.2, 0.25) is 0 Å². The third-order valence-corrected chi connectivity index (χ3v) is 7.72. The van der Waals surface area contributed by atoms with Crippen LogP contribution in [0.25, 0.3) is 21.9 Å². The van der Waals surface area contributed by atoms with Crippen LogP contribution in [-0.2, 0) is 24.8 Å². The Morgan fingerprint density at radius 3 is 2.61 bits per heavy atom. The van der Waals surface area contributed by atoms with E-state index in [9.17, 15) is 4.79 Å². The lowest BCUT2D eigenvalue weighted by Gasteiger charge is -2.27. The summed E-state index contributed by atoms with van der Waals surface area (Å²) in [5.74, 6) is 0.869. The number of nitrogens with zero attached hydrogens (tertiary/aromatic N) is 6. The Morgan fingerprint density at radius 2 is 1.76 bits per heavy atom. The molecule has 0 bridgehead atoms. The monoisotopic (exact) mass is 510 g/mol. The molecule has 2 fully saturated rings. The van der Waals surface area contributed by atoms with E-state index in [1.165, 1.54) is 30.5 Å². The van der Waals surface area contributed by atoms with E-state index in [2.05, 4.69) is 43.1 Å². The molecule has 2 aliphatic rings. The molecule has 0 unspecified atom stereocenters. The maximum atomic E-state index is 13.2. The topological polar surface area (TPSA) is 76.4 Å². The Bertz CT molecular complexity index is 1440. The van der Waals surface area contributed by atoms with Crippen molar-refractivity contribution < 1.29 is 9.53 Å². The predicted molar refractivity (Wildman–Crippen MR) is 148 cm³/mol. The fourth-order valence-corrected chi connectivity index (χ4v) is 5.50. The number of benzene rings is 1.